The van der Waals surface area contributed by atoms with Gasteiger partial charge in [0.05, 0.1) is 24.6 Å². The van der Waals surface area contributed by atoms with Crippen LogP contribution in [0.4, 0.5) is 0 Å². The summed E-state index contributed by atoms with van der Waals surface area (Å²) in [6, 6.07) is 15.8. The number of likely N-dealkylation sites (tertiary alicyclic amines) is 1. The normalized spacial score (nSPS) is 19.1. The quantitative estimate of drug-likeness (QED) is 0.216. The largest absolute Gasteiger partial charge is 0.508 e. The number of aliphatic hydroxyl groups excluding tert-OH is 1. The van der Waals surface area contributed by atoms with E-state index in [2.05, 4.69) is 0 Å². The van der Waals surface area contributed by atoms with E-state index in [4.69, 9.17) is 17.2 Å². The SMILES string of the molecule is CC(C)(C)N1CCC[C@]1(C(N)=O)C([C@H](O)CCc1ccc(O)cc1)N(C(=O)c1ccc2ccccc2c1)C(=O)[C@@H](N)CC(N)=O. The molecule has 45 heavy (non-hydrogen) atoms. The number of nitrogens with zero attached hydrogens (tertiary/aromatic N) is 2. The summed E-state index contributed by atoms with van der Waals surface area (Å²) in [5, 5.41) is 23.4. The smallest absolute Gasteiger partial charge is 0.260 e. The van der Waals surface area contributed by atoms with Crippen LogP contribution in [0.1, 0.15) is 62.4 Å². The van der Waals surface area contributed by atoms with Gasteiger partial charge in [-0.2, -0.15) is 0 Å². The first-order valence-electron chi connectivity index (χ1n) is 15.1. The average Bonchev–Trinajstić information content (AvgIpc) is 3.45. The minimum atomic E-state index is -1.67. The Bertz CT molecular complexity index is 1570. The van der Waals surface area contributed by atoms with E-state index < -0.39 is 59.3 Å². The molecule has 3 aromatic carbocycles. The number of hydrogen-bond acceptors (Lipinski definition) is 8. The molecule has 1 unspecified atom stereocenters. The number of phenolic OH excluding ortho intramolecular Hbond substituents is 1. The molecule has 4 rings (SSSR count). The van der Waals surface area contributed by atoms with Gasteiger partial charge in [-0.05, 0) is 93.6 Å². The second kappa shape index (κ2) is 13.4. The van der Waals surface area contributed by atoms with E-state index in [1.807, 2.05) is 49.9 Å². The number of fused-ring (bicyclic) bond motifs is 1. The van der Waals surface area contributed by atoms with E-state index in [-0.39, 0.29) is 24.2 Å². The van der Waals surface area contributed by atoms with Crippen molar-refractivity contribution < 1.29 is 29.4 Å². The third kappa shape index (κ3) is 7.00. The summed E-state index contributed by atoms with van der Waals surface area (Å²) >= 11 is 0. The van der Waals surface area contributed by atoms with Gasteiger partial charge in [-0.3, -0.25) is 29.0 Å². The number of carbonyl (C=O) groups excluding carboxylic acids is 4. The molecule has 0 saturated carbocycles. The molecule has 4 amide bonds. The van der Waals surface area contributed by atoms with Gasteiger partial charge in [-0.25, -0.2) is 0 Å². The second-order valence-corrected chi connectivity index (χ2v) is 12.8. The first kappa shape index (κ1) is 33.6. The molecular formula is C34H43N5O6. The Balaban J connectivity index is 1.91. The van der Waals surface area contributed by atoms with Crippen molar-refractivity contribution in [2.75, 3.05) is 6.54 Å². The fourth-order valence-electron chi connectivity index (χ4n) is 6.63. The molecule has 3 aromatic rings. The first-order chi connectivity index (χ1) is 21.2. The van der Waals surface area contributed by atoms with Crippen LogP contribution in [0.15, 0.2) is 66.7 Å². The zero-order chi connectivity index (χ0) is 33.1. The Kier molecular flexibility index (Phi) is 9.96. The lowest BCUT2D eigenvalue weighted by Crippen LogP contribution is -2.74. The highest BCUT2D eigenvalue weighted by Crippen LogP contribution is 2.42. The molecule has 4 atom stereocenters. The fraction of sp³-hybridized carbons (Fsp3) is 0.412. The predicted molar refractivity (Wildman–Crippen MR) is 171 cm³/mol. The summed E-state index contributed by atoms with van der Waals surface area (Å²) in [4.78, 5) is 57.1. The standard InChI is InChI=1S/C34H43N5O6/c1-33(2,3)38-18-6-17-34(38,32(37)45)29(27(41)16-11-21-9-14-25(40)15-10-21)39(31(44)26(35)20-28(36)42)30(43)24-13-12-22-7-4-5-8-23(22)19-24/h4-5,7-10,12-15,19,26-27,29,40-41H,6,11,16-18,20,35H2,1-3H3,(H2,36,42)(H2,37,45)/t26-,27+,29?,34+/m0/s1. The molecule has 0 aromatic heterocycles. The number of nitrogens with two attached hydrogens (primary N) is 3. The van der Waals surface area contributed by atoms with Crippen LogP contribution in [0.5, 0.6) is 5.75 Å². The highest BCUT2D eigenvalue weighted by atomic mass is 16.3. The monoisotopic (exact) mass is 617 g/mol. The van der Waals surface area contributed by atoms with Crippen molar-refractivity contribution >= 4 is 34.4 Å². The molecule has 0 aliphatic carbocycles. The average molecular weight is 618 g/mol. The van der Waals surface area contributed by atoms with Gasteiger partial charge in [0.2, 0.25) is 17.7 Å². The molecule has 0 radical (unpaired) electrons. The summed E-state index contributed by atoms with van der Waals surface area (Å²) in [5.74, 6) is -3.31. The lowest BCUT2D eigenvalue weighted by Gasteiger charge is -2.52. The predicted octanol–water partition coefficient (Wildman–Crippen LogP) is 2.20. The van der Waals surface area contributed by atoms with E-state index in [0.717, 1.165) is 21.2 Å². The van der Waals surface area contributed by atoms with Crippen molar-refractivity contribution in [2.24, 2.45) is 17.2 Å². The van der Waals surface area contributed by atoms with Crippen LogP contribution in [-0.2, 0) is 20.8 Å². The summed E-state index contributed by atoms with van der Waals surface area (Å²) in [5.41, 5.74) is 16.4. The van der Waals surface area contributed by atoms with Crippen molar-refractivity contribution in [1.82, 2.24) is 9.80 Å². The Morgan fingerprint density at radius 1 is 0.978 bits per heavy atom. The molecular weight excluding hydrogens is 574 g/mol. The maximum absolute atomic E-state index is 14.6. The van der Waals surface area contributed by atoms with Gasteiger partial charge in [0.25, 0.3) is 5.91 Å². The van der Waals surface area contributed by atoms with E-state index >= 15 is 0 Å². The first-order valence-corrected chi connectivity index (χ1v) is 15.1. The number of benzene rings is 3. The maximum atomic E-state index is 14.6. The number of primary amides is 2. The Morgan fingerprint density at radius 3 is 2.22 bits per heavy atom. The highest BCUT2D eigenvalue weighted by Gasteiger charge is 2.60. The van der Waals surface area contributed by atoms with Gasteiger partial charge in [-0.15, -0.1) is 0 Å². The highest BCUT2D eigenvalue weighted by molar-refractivity contribution is 6.09. The molecule has 0 bridgehead atoms. The topological polar surface area (TPSA) is 193 Å². The molecule has 0 spiro atoms. The van der Waals surface area contributed by atoms with Crippen LogP contribution in [0, 0.1) is 0 Å². The van der Waals surface area contributed by atoms with Gasteiger partial charge < -0.3 is 27.4 Å². The number of rotatable bonds is 11. The van der Waals surface area contributed by atoms with E-state index in [9.17, 15) is 29.4 Å². The van der Waals surface area contributed by atoms with Crippen LogP contribution >= 0.6 is 0 Å². The second-order valence-electron chi connectivity index (χ2n) is 12.8. The van der Waals surface area contributed by atoms with Crippen molar-refractivity contribution in [1.29, 1.82) is 0 Å². The third-order valence-corrected chi connectivity index (χ3v) is 8.65. The number of carbonyl (C=O) groups is 4. The van der Waals surface area contributed by atoms with Gasteiger partial charge >= 0.3 is 0 Å². The van der Waals surface area contributed by atoms with Gasteiger partial charge in [0, 0.05) is 11.1 Å². The number of aliphatic hydroxyl groups is 1. The van der Waals surface area contributed by atoms with E-state index in [1.54, 1.807) is 30.3 Å². The molecule has 1 saturated heterocycles. The number of hydrogen-bond donors (Lipinski definition) is 5. The van der Waals surface area contributed by atoms with Crippen LogP contribution < -0.4 is 17.2 Å². The lowest BCUT2D eigenvalue weighted by molar-refractivity contribution is -0.151. The van der Waals surface area contributed by atoms with Crippen LogP contribution in [0.3, 0.4) is 0 Å². The third-order valence-electron chi connectivity index (χ3n) is 8.65. The lowest BCUT2D eigenvalue weighted by atomic mass is 9.78. The fourth-order valence-corrected chi connectivity index (χ4v) is 6.63. The minimum absolute atomic E-state index is 0.0301. The Hall–Kier alpha value is -4.32. The zero-order valence-corrected chi connectivity index (χ0v) is 26.0. The minimum Gasteiger partial charge on any atom is -0.508 e. The number of phenols is 1. The summed E-state index contributed by atoms with van der Waals surface area (Å²) in [6.45, 7) is 6.11. The van der Waals surface area contributed by atoms with E-state index in [0.29, 0.717) is 19.4 Å². The number of aryl methyl sites for hydroxylation is 1. The molecule has 1 aliphatic heterocycles. The molecule has 1 fully saturated rings. The molecule has 11 heteroatoms. The molecule has 8 N–H and O–H groups in total. The van der Waals surface area contributed by atoms with Crippen LogP contribution in [0.25, 0.3) is 10.8 Å². The molecule has 1 aliphatic rings. The van der Waals surface area contributed by atoms with Gasteiger partial charge in [-0.1, -0.05) is 42.5 Å². The maximum Gasteiger partial charge on any atom is 0.260 e. The Labute approximate surface area is 263 Å². The number of imide groups is 1. The number of aromatic hydroxyl groups is 1. The summed E-state index contributed by atoms with van der Waals surface area (Å²) in [7, 11) is 0. The molecule has 240 valence electrons. The van der Waals surface area contributed by atoms with Crippen molar-refractivity contribution in [2.45, 2.75) is 82.1 Å². The van der Waals surface area contributed by atoms with Gasteiger partial charge in [0.1, 0.15) is 11.3 Å². The van der Waals surface area contributed by atoms with Crippen molar-refractivity contribution in [3.05, 3.63) is 77.9 Å². The van der Waals surface area contributed by atoms with Crippen LogP contribution in [-0.4, -0.2) is 79.5 Å². The van der Waals surface area contributed by atoms with Crippen molar-refractivity contribution in [3.63, 3.8) is 0 Å². The van der Waals surface area contributed by atoms with Crippen molar-refractivity contribution in [3.8, 4) is 5.75 Å². The number of amides is 4. The zero-order valence-electron chi connectivity index (χ0n) is 26.0. The summed E-state index contributed by atoms with van der Waals surface area (Å²) in [6.07, 6.45) is -0.988. The molecule has 1 heterocycles. The summed E-state index contributed by atoms with van der Waals surface area (Å²) < 4.78 is 0. The van der Waals surface area contributed by atoms with E-state index in [1.165, 1.54) is 12.1 Å². The molecule has 11 nitrogen and oxygen atoms in total. The van der Waals surface area contributed by atoms with Crippen LogP contribution in [0.2, 0.25) is 0 Å². The Morgan fingerprint density at radius 2 is 1.62 bits per heavy atom. The van der Waals surface area contributed by atoms with Gasteiger partial charge in [0.15, 0.2) is 0 Å².